The molecule has 0 aliphatic heterocycles. The average molecular weight is 545 g/mol. The molecule has 0 aliphatic rings. The summed E-state index contributed by atoms with van der Waals surface area (Å²) in [5.74, 6) is -0.538. The van der Waals surface area contributed by atoms with Crippen molar-refractivity contribution in [1.82, 2.24) is 9.80 Å². The molecule has 2 amide bonds. The molecule has 0 aromatic carbocycles. The average Bonchev–Trinajstić information content (AvgIpc) is 2.89. The minimum Gasteiger partial charge on any atom is -0.466 e. The van der Waals surface area contributed by atoms with Gasteiger partial charge in [-0.15, -0.1) is 0 Å². The lowest BCUT2D eigenvalue weighted by Gasteiger charge is -2.18. The predicted octanol–water partition coefficient (Wildman–Crippen LogP) is 3.74. The Morgan fingerprint density at radius 1 is 0.526 bits per heavy atom. The van der Waals surface area contributed by atoms with Gasteiger partial charge in [-0.25, -0.2) is 0 Å². The Labute approximate surface area is 229 Å². The Balaban J connectivity index is 3.66. The number of hydrogen-bond acceptors (Lipinski definition) is 8. The van der Waals surface area contributed by atoms with E-state index in [0.29, 0.717) is 39.1 Å². The number of unbranched alkanes of at least 4 members (excludes halogenated alkanes) is 6. The summed E-state index contributed by atoms with van der Waals surface area (Å²) in [7, 11) is 3.46. The normalized spacial score (nSPS) is 10.7. The summed E-state index contributed by atoms with van der Waals surface area (Å²) in [6.07, 6.45) is 9.47. The van der Waals surface area contributed by atoms with E-state index in [2.05, 4.69) is 13.8 Å². The van der Waals surface area contributed by atoms with E-state index in [1.807, 2.05) is 0 Å². The van der Waals surface area contributed by atoms with Gasteiger partial charge in [0.05, 0.1) is 26.4 Å². The first-order chi connectivity index (χ1) is 18.3. The highest BCUT2D eigenvalue weighted by Gasteiger charge is 2.11. The van der Waals surface area contributed by atoms with Crippen molar-refractivity contribution in [2.24, 2.45) is 0 Å². The molecule has 0 heterocycles. The van der Waals surface area contributed by atoms with E-state index in [9.17, 15) is 19.2 Å². The van der Waals surface area contributed by atoms with Crippen LogP contribution in [0.5, 0.6) is 0 Å². The first-order valence-electron chi connectivity index (χ1n) is 14.3. The maximum absolute atomic E-state index is 12.1. The number of carbonyl (C=O) groups excluding carboxylic acids is 4. The molecule has 0 aliphatic carbocycles. The van der Waals surface area contributed by atoms with E-state index in [1.54, 1.807) is 23.9 Å². The Kier molecular flexibility index (Phi) is 23.6. The van der Waals surface area contributed by atoms with Crippen molar-refractivity contribution in [3.8, 4) is 0 Å². The van der Waals surface area contributed by atoms with Crippen molar-refractivity contribution >= 4 is 23.8 Å². The van der Waals surface area contributed by atoms with Crippen LogP contribution in [0.25, 0.3) is 0 Å². The number of ether oxygens (including phenoxy) is 4. The molecule has 0 spiro atoms. The third-order valence-electron chi connectivity index (χ3n) is 5.95. The number of esters is 2. The minimum atomic E-state index is -0.152. The van der Waals surface area contributed by atoms with E-state index < -0.39 is 0 Å². The van der Waals surface area contributed by atoms with Crippen molar-refractivity contribution in [2.45, 2.75) is 90.9 Å². The number of rotatable bonds is 25. The van der Waals surface area contributed by atoms with Crippen LogP contribution in [-0.2, 0) is 38.1 Å². The summed E-state index contributed by atoms with van der Waals surface area (Å²) in [5, 5.41) is 0. The van der Waals surface area contributed by atoms with E-state index in [1.165, 1.54) is 0 Å². The van der Waals surface area contributed by atoms with Crippen LogP contribution >= 0.6 is 0 Å². The number of amides is 2. The fourth-order valence-corrected chi connectivity index (χ4v) is 3.30. The first kappa shape index (κ1) is 35.8. The highest BCUT2D eigenvalue weighted by molar-refractivity contribution is 5.77. The predicted molar refractivity (Wildman–Crippen MR) is 146 cm³/mol. The molecule has 0 fully saturated rings. The van der Waals surface area contributed by atoms with Crippen LogP contribution in [0.4, 0.5) is 0 Å². The zero-order valence-electron chi connectivity index (χ0n) is 24.3. The number of hydrogen-bond donors (Lipinski definition) is 0. The summed E-state index contributed by atoms with van der Waals surface area (Å²) < 4.78 is 21.0. The number of likely N-dealkylation sites (N-methyl/N-ethyl adjacent to an activating group) is 2. The zero-order chi connectivity index (χ0) is 28.4. The van der Waals surface area contributed by atoms with E-state index >= 15 is 0 Å². The second kappa shape index (κ2) is 25.1. The molecule has 0 saturated carbocycles. The molecular weight excluding hydrogens is 492 g/mol. The lowest BCUT2D eigenvalue weighted by molar-refractivity contribution is -0.144. The molecule has 10 heteroatoms. The zero-order valence-corrected chi connectivity index (χ0v) is 24.3. The number of nitrogens with zero attached hydrogens (tertiary/aromatic N) is 2. The second-order valence-corrected chi connectivity index (χ2v) is 9.51. The SMILES string of the molecule is CCCCOC(=O)CCCCCN(C)C(=O)COCCOCC(=O)N(C)CCCCCC(=O)OCCCC. The molecule has 10 nitrogen and oxygen atoms in total. The Bertz CT molecular complexity index is 590. The van der Waals surface area contributed by atoms with E-state index in [0.717, 1.165) is 64.2 Å². The van der Waals surface area contributed by atoms with Crippen LogP contribution in [-0.4, -0.2) is 100 Å². The first-order valence-corrected chi connectivity index (χ1v) is 14.3. The molecule has 222 valence electrons. The van der Waals surface area contributed by atoms with Gasteiger partial charge in [0, 0.05) is 40.0 Å². The lowest BCUT2D eigenvalue weighted by Crippen LogP contribution is -2.32. The van der Waals surface area contributed by atoms with Crippen LogP contribution < -0.4 is 0 Å². The lowest BCUT2D eigenvalue weighted by atomic mass is 10.2. The highest BCUT2D eigenvalue weighted by Crippen LogP contribution is 2.05. The Hall–Kier alpha value is -2.20. The maximum Gasteiger partial charge on any atom is 0.305 e. The van der Waals surface area contributed by atoms with Crippen molar-refractivity contribution in [2.75, 3.05) is 66.8 Å². The van der Waals surface area contributed by atoms with Gasteiger partial charge in [-0.2, -0.15) is 0 Å². The van der Waals surface area contributed by atoms with Crippen molar-refractivity contribution in [3.63, 3.8) is 0 Å². The van der Waals surface area contributed by atoms with Gasteiger partial charge in [0.1, 0.15) is 13.2 Å². The van der Waals surface area contributed by atoms with Crippen LogP contribution in [0.15, 0.2) is 0 Å². The van der Waals surface area contributed by atoms with Crippen molar-refractivity contribution in [1.29, 1.82) is 0 Å². The quantitative estimate of drug-likeness (QED) is 0.126. The van der Waals surface area contributed by atoms with Gasteiger partial charge in [0.25, 0.3) is 0 Å². The topological polar surface area (TPSA) is 112 Å². The monoisotopic (exact) mass is 544 g/mol. The van der Waals surface area contributed by atoms with E-state index in [4.69, 9.17) is 18.9 Å². The van der Waals surface area contributed by atoms with Crippen LogP contribution in [0.2, 0.25) is 0 Å². The molecule has 0 aromatic rings. The Morgan fingerprint density at radius 3 is 1.29 bits per heavy atom. The van der Waals surface area contributed by atoms with Gasteiger partial charge in [-0.1, -0.05) is 39.5 Å². The summed E-state index contributed by atoms with van der Waals surface area (Å²) in [6.45, 7) is 6.68. The molecule has 0 N–H and O–H groups in total. The highest BCUT2D eigenvalue weighted by atomic mass is 16.5. The molecule has 38 heavy (non-hydrogen) atoms. The van der Waals surface area contributed by atoms with Crippen LogP contribution in [0.1, 0.15) is 90.9 Å². The summed E-state index contributed by atoms with van der Waals surface area (Å²) in [6, 6.07) is 0. The van der Waals surface area contributed by atoms with Gasteiger partial charge in [-0.3, -0.25) is 19.2 Å². The van der Waals surface area contributed by atoms with Crippen molar-refractivity contribution in [3.05, 3.63) is 0 Å². The van der Waals surface area contributed by atoms with Crippen LogP contribution in [0.3, 0.4) is 0 Å². The van der Waals surface area contributed by atoms with E-state index in [-0.39, 0.29) is 50.2 Å². The summed E-state index contributed by atoms with van der Waals surface area (Å²) in [4.78, 5) is 50.6. The van der Waals surface area contributed by atoms with Gasteiger partial charge < -0.3 is 28.7 Å². The van der Waals surface area contributed by atoms with Gasteiger partial charge in [-0.05, 0) is 38.5 Å². The molecule has 0 bridgehead atoms. The molecule has 0 rings (SSSR count). The molecular formula is C28H52N2O8. The van der Waals surface area contributed by atoms with Gasteiger partial charge in [0.2, 0.25) is 11.8 Å². The summed E-state index contributed by atoms with van der Waals surface area (Å²) in [5.41, 5.74) is 0. The second-order valence-electron chi connectivity index (χ2n) is 9.51. The fourth-order valence-electron chi connectivity index (χ4n) is 3.30. The van der Waals surface area contributed by atoms with Crippen LogP contribution in [0, 0.1) is 0 Å². The van der Waals surface area contributed by atoms with Gasteiger partial charge >= 0.3 is 11.9 Å². The Morgan fingerprint density at radius 2 is 0.921 bits per heavy atom. The van der Waals surface area contributed by atoms with Crippen molar-refractivity contribution < 1.29 is 38.1 Å². The number of carbonyl (C=O) groups is 4. The molecule has 0 unspecified atom stereocenters. The standard InChI is InChI=1S/C28H52N2O8/c1-5-7-19-37-27(33)15-11-9-13-17-29(3)25(31)23-35-21-22-36-24-26(32)30(4)18-14-10-12-16-28(34)38-20-8-6-2/h5-24H2,1-4H3. The third-order valence-corrected chi connectivity index (χ3v) is 5.95. The molecule has 0 atom stereocenters. The largest absolute Gasteiger partial charge is 0.466 e. The smallest absolute Gasteiger partial charge is 0.305 e. The molecule has 0 saturated heterocycles. The fraction of sp³-hybridized carbons (Fsp3) is 0.857. The molecule has 0 radical (unpaired) electrons. The third kappa shape index (κ3) is 21.8. The summed E-state index contributed by atoms with van der Waals surface area (Å²) >= 11 is 0. The maximum atomic E-state index is 12.1. The minimum absolute atomic E-state index is 0.0381. The van der Waals surface area contributed by atoms with Gasteiger partial charge in [0.15, 0.2) is 0 Å². The molecule has 0 aromatic heterocycles.